The molecule has 2 aromatic rings. The van der Waals surface area contributed by atoms with Gasteiger partial charge in [0, 0.05) is 38.9 Å². The smallest absolute Gasteiger partial charge is 0.219 e. The zero-order chi connectivity index (χ0) is 18.7. The lowest BCUT2D eigenvalue weighted by molar-refractivity contribution is 0.151. The van der Waals surface area contributed by atoms with Crippen LogP contribution in [0.5, 0.6) is 11.6 Å². The van der Waals surface area contributed by atoms with Gasteiger partial charge in [-0.25, -0.2) is 9.37 Å². The lowest BCUT2D eigenvalue weighted by Crippen LogP contribution is -2.42. The van der Waals surface area contributed by atoms with Gasteiger partial charge in [-0.15, -0.1) is 0 Å². The number of benzene rings is 1. The standard InChI is InChI=1S/C21H25FN4O/c1-23-20(26-12-11-21(15-26)9-2-10-21)25-14-16-3-8-19(24-13-16)27-18-6-4-17(22)5-7-18/h3-8,13H,2,9-12,14-15H2,1H3,(H,23,25). The Morgan fingerprint density at radius 2 is 2.04 bits per heavy atom. The molecule has 0 bridgehead atoms. The number of nitrogens with zero attached hydrogens (tertiary/aromatic N) is 3. The monoisotopic (exact) mass is 368 g/mol. The van der Waals surface area contributed by atoms with Crippen molar-refractivity contribution >= 4 is 5.96 Å². The fourth-order valence-corrected chi connectivity index (χ4v) is 3.91. The third kappa shape index (κ3) is 4.04. The maximum Gasteiger partial charge on any atom is 0.219 e. The van der Waals surface area contributed by atoms with E-state index in [-0.39, 0.29) is 5.82 Å². The number of aromatic nitrogens is 1. The number of guanidine groups is 1. The van der Waals surface area contributed by atoms with E-state index in [2.05, 4.69) is 20.2 Å². The Morgan fingerprint density at radius 1 is 1.22 bits per heavy atom. The van der Waals surface area contributed by atoms with Crippen LogP contribution in [0.15, 0.2) is 47.6 Å². The Labute approximate surface area is 159 Å². The average Bonchev–Trinajstić information content (AvgIpc) is 3.12. The Hall–Kier alpha value is -2.63. The van der Waals surface area contributed by atoms with Crippen molar-refractivity contribution < 1.29 is 9.13 Å². The summed E-state index contributed by atoms with van der Waals surface area (Å²) in [4.78, 5) is 11.2. The van der Waals surface area contributed by atoms with Crippen LogP contribution in [0, 0.1) is 11.2 Å². The second-order valence-electron chi connectivity index (χ2n) is 7.49. The lowest BCUT2D eigenvalue weighted by Gasteiger charge is -2.38. The van der Waals surface area contributed by atoms with Gasteiger partial charge in [0.05, 0.1) is 0 Å². The number of nitrogens with one attached hydrogen (secondary N) is 1. The summed E-state index contributed by atoms with van der Waals surface area (Å²) in [5.74, 6) is 1.73. The van der Waals surface area contributed by atoms with Crippen molar-refractivity contribution in [2.24, 2.45) is 10.4 Å². The zero-order valence-electron chi connectivity index (χ0n) is 15.6. The van der Waals surface area contributed by atoms with Crippen molar-refractivity contribution in [1.29, 1.82) is 0 Å². The minimum absolute atomic E-state index is 0.286. The van der Waals surface area contributed by atoms with E-state index in [1.165, 1.54) is 37.8 Å². The highest BCUT2D eigenvalue weighted by Crippen LogP contribution is 2.47. The molecule has 1 aromatic heterocycles. The zero-order valence-corrected chi connectivity index (χ0v) is 15.6. The van der Waals surface area contributed by atoms with Gasteiger partial charge in [0.25, 0.3) is 0 Å². The first-order valence-corrected chi connectivity index (χ1v) is 9.50. The molecule has 0 unspecified atom stereocenters. The molecule has 142 valence electrons. The maximum absolute atomic E-state index is 12.9. The first kappa shape index (κ1) is 17.8. The summed E-state index contributed by atoms with van der Waals surface area (Å²) in [6.07, 6.45) is 7.17. The number of hydrogen-bond donors (Lipinski definition) is 1. The number of aliphatic imine (C=N–C) groups is 1. The van der Waals surface area contributed by atoms with Crippen LogP contribution in [0.4, 0.5) is 4.39 Å². The molecule has 0 atom stereocenters. The summed E-state index contributed by atoms with van der Waals surface area (Å²) in [7, 11) is 1.84. The van der Waals surface area contributed by atoms with Crippen molar-refractivity contribution in [3.05, 3.63) is 54.0 Å². The normalized spacial score (nSPS) is 18.4. The summed E-state index contributed by atoms with van der Waals surface area (Å²) in [6.45, 7) is 2.87. The number of hydrogen-bond acceptors (Lipinski definition) is 3. The van der Waals surface area contributed by atoms with Crippen LogP contribution in [-0.2, 0) is 6.54 Å². The molecule has 4 rings (SSSR count). The Morgan fingerprint density at radius 3 is 2.63 bits per heavy atom. The van der Waals surface area contributed by atoms with Crippen molar-refractivity contribution in [3.63, 3.8) is 0 Å². The summed E-state index contributed by atoms with van der Waals surface area (Å²) in [5.41, 5.74) is 1.61. The largest absolute Gasteiger partial charge is 0.439 e. The molecule has 0 radical (unpaired) electrons. The number of ether oxygens (including phenoxy) is 1. The number of pyridine rings is 1. The highest BCUT2D eigenvalue weighted by molar-refractivity contribution is 5.80. The second-order valence-corrected chi connectivity index (χ2v) is 7.49. The van der Waals surface area contributed by atoms with Crippen LogP contribution in [-0.4, -0.2) is 36.0 Å². The molecular weight excluding hydrogens is 343 g/mol. The number of likely N-dealkylation sites (tertiary alicyclic amines) is 1. The topological polar surface area (TPSA) is 49.8 Å². The summed E-state index contributed by atoms with van der Waals surface area (Å²) in [5, 5.41) is 3.44. The Balaban J connectivity index is 1.31. The van der Waals surface area contributed by atoms with Gasteiger partial charge in [-0.2, -0.15) is 0 Å². The Kier molecular flexibility index (Phi) is 4.97. The van der Waals surface area contributed by atoms with Crippen LogP contribution in [0.3, 0.4) is 0 Å². The molecule has 2 aliphatic rings. The lowest BCUT2D eigenvalue weighted by atomic mass is 9.68. The molecule has 6 heteroatoms. The SMILES string of the molecule is CN=C(NCc1ccc(Oc2ccc(F)cc2)nc1)N1CCC2(CCC2)C1. The van der Waals surface area contributed by atoms with E-state index in [1.807, 2.05) is 19.2 Å². The van der Waals surface area contributed by atoms with E-state index in [4.69, 9.17) is 4.74 Å². The molecule has 5 nitrogen and oxygen atoms in total. The van der Waals surface area contributed by atoms with Crippen molar-refractivity contribution in [1.82, 2.24) is 15.2 Å². The molecule has 2 fully saturated rings. The molecule has 1 spiro atoms. The van der Waals surface area contributed by atoms with Crippen molar-refractivity contribution in [3.8, 4) is 11.6 Å². The minimum atomic E-state index is -0.286. The minimum Gasteiger partial charge on any atom is -0.439 e. The fourth-order valence-electron chi connectivity index (χ4n) is 3.91. The van der Waals surface area contributed by atoms with E-state index >= 15 is 0 Å². The number of halogens is 1. The van der Waals surface area contributed by atoms with Gasteiger partial charge in [-0.1, -0.05) is 12.5 Å². The fraction of sp³-hybridized carbons (Fsp3) is 0.429. The third-order valence-corrected chi connectivity index (χ3v) is 5.65. The van der Waals surface area contributed by atoms with Crippen LogP contribution < -0.4 is 10.1 Å². The highest BCUT2D eigenvalue weighted by atomic mass is 19.1. The van der Waals surface area contributed by atoms with Gasteiger partial charge in [0.2, 0.25) is 5.88 Å². The summed E-state index contributed by atoms with van der Waals surface area (Å²) in [6, 6.07) is 9.70. The molecule has 1 aliphatic carbocycles. The van der Waals surface area contributed by atoms with Gasteiger partial charge in [-0.3, -0.25) is 4.99 Å². The molecule has 1 N–H and O–H groups in total. The molecule has 1 saturated heterocycles. The molecule has 1 aliphatic heterocycles. The third-order valence-electron chi connectivity index (χ3n) is 5.65. The highest BCUT2D eigenvalue weighted by Gasteiger charge is 2.43. The molecule has 27 heavy (non-hydrogen) atoms. The summed E-state index contributed by atoms with van der Waals surface area (Å²) < 4.78 is 18.6. The molecule has 0 amide bonds. The van der Waals surface area contributed by atoms with E-state index in [9.17, 15) is 4.39 Å². The van der Waals surface area contributed by atoms with E-state index in [0.29, 0.717) is 23.6 Å². The summed E-state index contributed by atoms with van der Waals surface area (Å²) >= 11 is 0. The molecule has 1 aromatic carbocycles. The average molecular weight is 368 g/mol. The first-order valence-electron chi connectivity index (χ1n) is 9.50. The molecular formula is C21H25FN4O. The predicted octanol–water partition coefficient (Wildman–Crippen LogP) is 3.96. The van der Waals surface area contributed by atoms with Crippen LogP contribution in [0.25, 0.3) is 0 Å². The van der Waals surface area contributed by atoms with E-state index in [0.717, 1.165) is 24.6 Å². The van der Waals surface area contributed by atoms with Gasteiger partial charge in [-0.05, 0) is 54.5 Å². The predicted molar refractivity (Wildman–Crippen MR) is 103 cm³/mol. The second kappa shape index (κ2) is 7.55. The first-order chi connectivity index (χ1) is 13.2. The number of rotatable bonds is 4. The molecule has 1 saturated carbocycles. The van der Waals surface area contributed by atoms with Crippen LogP contribution in [0.2, 0.25) is 0 Å². The van der Waals surface area contributed by atoms with Gasteiger partial charge in [0.15, 0.2) is 5.96 Å². The van der Waals surface area contributed by atoms with Gasteiger partial charge in [0.1, 0.15) is 11.6 Å². The van der Waals surface area contributed by atoms with Crippen LogP contribution in [0.1, 0.15) is 31.2 Å². The van der Waals surface area contributed by atoms with Crippen LogP contribution >= 0.6 is 0 Å². The quantitative estimate of drug-likeness (QED) is 0.655. The van der Waals surface area contributed by atoms with E-state index < -0.39 is 0 Å². The van der Waals surface area contributed by atoms with Gasteiger partial charge >= 0.3 is 0 Å². The van der Waals surface area contributed by atoms with Crippen molar-refractivity contribution in [2.75, 3.05) is 20.1 Å². The van der Waals surface area contributed by atoms with Crippen molar-refractivity contribution in [2.45, 2.75) is 32.2 Å². The van der Waals surface area contributed by atoms with E-state index in [1.54, 1.807) is 18.3 Å². The maximum atomic E-state index is 12.9. The molecule has 2 heterocycles. The Bertz CT molecular complexity index is 800. The van der Waals surface area contributed by atoms with Gasteiger partial charge < -0.3 is 15.0 Å².